The van der Waals surface area contributed by atoms with E-state index in [1.54, 1.807) is 0 Å². The molecule has 6 aromatic rings. The molecule has 0 saturated carbocycles. The first-order chi connectivity index (χ1) is 14.4. The minimum atomic E-state index is 0.929. The van der Waals surface area contributed by atoms with Crippen LogP contribution in [0.3, 0.4) is 0 Å². The first kappa shape index (κ1) is 16.0. The average molecular weight is 371 g/mol. The molecule has 0 aliphatic heterocycles. The van der Waals surface area contributed by atoms with Gasteiger partial charge >= 0.3 is 0 Å². The number of pyridine rings is 2. The van der Waals surface area contributed by atoms with Crippen LogP contribution in [0, 0.1) is 0 Å². The third-order valence-electron chi connectivity index (χ3n) is 5.49. The van der Waals surface area contributed by atoms with Crippen LogP contribution in [0.2, 0.25) is 0 Å². The van der Waals surface area contributed by atoms with Crippen LogP contribution in [0.1, 0.15) is 0 Å². The van der Waals surface area contributed by atoms with Gasteiger partial charge in [-0.1, -0.05) is 54.6 Å². The third-order valence-corrected chi connectivity index (χ3v) is 5.49. The molecule has 0 aliphatic carbocycles. The zero-order chi connectivity index (χ0) is 19.2. The summed E-state index contributed by atoms with van der Waals surface area (Å²) in [7, 11) is 0. The van der Waals surface area contributed by atoms with Crippen molar-refractivity contribution in [2.24, 2.45) is 0 Å². The Labute approximate surface area is 167 Å². The van der Waals surface area contributed by atoms with Crippen LogP contribution in [-0.4, -0.2) is 14.5 Å². The highest BCUT2D eigenvalue weighted by Gasteiger charge is 2.14. The Morgan fingerprint density at radius 1 is 0.586 bits per heavy atom. The maximum Gasteiger partial charge on any atom is 0.137 e. The second kappa shape index (κ2) is 6.28. The lowest BCUT2D eigenvalue weighted by Crippen LogP contribution is -1.96. The van der Waals surface area contributed by atoms with Crippen molar-refractivity contribution in [3.8, 4) is 16.9 Å². The van der Waals surface area contributed by atoms with E-state index in [0.717, 1.165) is 33.3 Å². The predicted molar refractivity (Wildman–Crippen MR) is 119 cm³/mol. The maximum absolute atomic E-state index is 4.64. The maximum atomic E-state index is 4.64. The minimum absolute atomic E-state index is 0.929. The summed E-state index contributed by atoms with van der Waals surface area (Å²) in [6, 6.07) is 31.6. The highest BCUT2D eigenvalue weighted by molar-refractivity contribution is 6.11. The van der Waals surface area contributed by atoms with Crippen LogP contribution in [0.25, 0.3) is 49.7 Å². The van der Waals surface area contributed by atoms with Crippen molar-refractivity contribution in [1.82, 2.24) is 14.5 Å². The van der Waals surface area contributed by atoms with Gasteiger partial charge in [0.25, 0.3) is 0 Å². The van der Waals surface area contributed by atoms with E-state index in [0.29, 0.717) is 0 Å². The number of benzene rings is 3. The number of rotatable bonds is 2. The molecule has 3 heterocycles. The Balaban J connectivity index is 1.68. The van der Waals surface area contributed by atoms with Gasteiger partial charge in [-0.05, 0) is 42.0 Å². The average Bonchev–Trinajstić information content (AvgIpc) is 3.13. The largest absolute Gasteiger partial charge is 0.294 e. The Hall–Kier alpha value is -3.98. The Bertz CT molecular complexity index is 1490. The van der Waals surface area contributed by atoms with Crippen molar-refractivity contribution in [2.45, 2.75) is 0 Å². The fourth-order valence-electron chi connectivity index (χ4n) is 4.21. The van der Waals surface area contributed by atoms with Gasteiger partial charge in [0.05, 0.1) is 16.6 Å². The van der Waals surface area contributed by atoms with Crippen molar-refractivity contribution in [2.75, 3.05) is 0 Å². The zero-order valence-corrected chi connectivity index (χ0v) is 15.7. The molecule has 0 atom stereocenters. The second-order valence-electron chi connectivity index (χ2n) is 7.15. The molecule has 0 aliphatic rings. The van der Waals surface area contributed by atoms with Crippen molar-refractivity contribution in [3.05, 3.63) is 103 Å². The molecule has 0 N–H and O–H groups in total. The lowest BCUT2D eigenvalue weighted by atomic mass is 10.00. The van der Waals surface area contributed by atoms with E-state index < -0.39 is 0 Å². The number of nitrogens with zero attached hydrogens (tertiary/aromatic N) is 3. The molecule has 0 bridgehead atoms. The molecule has 3 aromatic heterocycles. The molecule has 0 saturated heterocycles. The van der Waals surface area contributed by atoms with Gasteiger partial charge in [-0.25, -0.2) is 4.98 Å². The van der Waals surface area contributed by atoms with E-state index in [1.807, 2.05) is 30.6 Å². The van der Waals surface area contributed by atoms with Crippen molar-refractivity contribution >= 4 is 32.7 Å². The van der Waals surface area contributed by atoms with Crippen LogP contribution < -0.4 is 0 Å². The van der Waals surface area contributed by atoms with Crippen LogP contribution in [0.4, 0.5) is 0 Å². The lowest BCUT2D eigenvalue weighted by molar-refractivity contribution is 1.08. The molecule has 6 rings (SSSR count). The number of aromatic nitrogens is 3. The predicted octanol–water partition coefficient (Wildman–Crippen LogP) is 6.39. The van der Waals surface area contributed by atoms with Gasteiger partial charge in [0.15, 0.2) is 0 Å². The van der Waals surface area contributed by atoms with E-state index in [-0.39, 0.29) is 0 Å². The fourth-order valence-corrected chi connectivity index (χ4v) is 4.21. The van der Waals surface area contributed by atoms with Gasteiger partial charge in [-0.2, -0.15) is 0 Å². The quantitative estimate of drug-likeness (QED) is 0.353. The molecule has 3 heteroatoms. The topological polar surface area (TPSA) is 30.7 Å². The molecule has 0 radical (unpaired) electrons. The lowest BCUT2D eigenvalue weighted by Gasteiger charge is -2.08. The zero-order valence-electron chi connectivity index (χ0n) is 15.7. The molecular formula is C26H17N3. The molecule has 0 amide bonds. The van der Waals surface area contributed by atoms with Crippen molar-refractivity contribution in [1.29, 1.82) is 0 Å². The Morgan fingerprint density at radius 3 is 2.34 bits per heavy atom. The molecular weight excluding hydrogens is 354 g/mol. The summed E-state index contributed by atoms with van der Waals surface area (Å²) in [5, 5.41) is 3.60. The number of hydrogen-bond acceptors (Lipinski definition) is 2. The molecule has 0 fully saturated rings. The summed E-state index contributed by atoms with van der Waals surface area (Å²) >= 11 is 0. The highest BCUT2D eigenvalue weighted by Crippen LogP contribution is 2.35. The third kappa shape index (κ3) is 2.44. The summed E-state index contributed by atoms with van der Waals surface area (Å²) in [6.45, 7) is 0. The number of hydrogen-bond donors (Lipinski definition) is 0. The number of fused-ring (bicyclic) bond motifs is 4. The number of para-hydroxylation sites is 2. The first-order valence-corrected chi connectivity index (χ1v) is 9.69. The summed E-state index contributed by atoms with van der Waals surface area (Å²) in [5.74, 6) is 0.929. The van der Waals surface area contributed by atoms with E-state index >= 15 is 0 Å². The van der Waals surface area contributed by atoms with E-state index in [2.05, 4.69) is 87.3 Å². The molecule has 29 heavy (non-hydrogen) atoms. The highest BCUT2D eigenvalue weighted by atomic mass is 15.1. The van der Waals surface area contributed by atoms with E-state index in [1.165, 1.54) is 16.3 Å². The summed E-state index contributed by atoms with van der Waals surface area (Å²) in [6.07, 6.45) is 3.70. The standard InChI is InChI=1S/C26H17N3/c1-2-11-23-21(9-1)22-17-19(20-10-5-7-18-8-6-16-28-26(18)20)13-14-24(22)29(23)25-12-3-4-15-27-25/h1-17H. The first-order valence-electron chi connectivity index (χ1n) is 9.69. The van der Waals surface area contributed by atoms with Gasteiger partial charge in [0.1, 0.15) is 5.82 Å². The summed E-state index contributed by atoms with van der Waals surface area (Å²) < 4.78 is 2.23. The van der Waals surface area contributed by atoms with E-state index in [9.17, 15) is 0 Å². The molecule has 3 aromatic carbocycles. The minimum Gasteiger partial charge on any atom is -0.294 e. The van der Waals surface area contributed by atoms with Gasteiger partial charge in [-0.15, -0.1) is 0 Å². The SMILES string of the molecule is c1ccc(-n2c3ccccc3c3cc(-c4cccc5cccnc45)ccc32)nc1. The molecule has 0 spiro atoms. The fraction of sp³-hybridized carbons (Fsp3) is 0. The van der Waals surface area contributed by atoms with Crippen molar-refractivity contribution < 1.29 is 0 Å². The van der Waals surface area contributed by atoms with Crippen LogP contribution in [0.5, 0.6) is 0 Å². The van der Waals surface area contributed by atoms with Crippen LogP contribution in [0.15, 0.2) is 103 Å². The van der Waals surface area contributed by atoms with Gasteiger partial charge < -0.3 is 0 Å². The second-order valence-corrected chi connectivity index (χ2v) is 7.15. The van der Waals surface area contributed by atoms with Gasteiger partial charge in [-0.3, -0.25) is 9.55 Å². The van der Waals surface area contributed by atoms with Crippen LogP contribution in [-0.2, 0) is 0 Å². The van der Waals surface area contributed by atoms with Gasteiger partial charge in [0, 0.05) is 34.1 Å². The monoisotopic (exact) mass is 371 g/mol. The normalized spacial score (nSPS) is 11.4. The van der Waals surface area contributed by atoms with Gasteiger partial charge in [0.2, 0.25) is 0 Å². The Morgan fingerprint density at radius 2 is 1.41 bits per heavy atom. The molecule has 3 nitrogen and oxygen atoms in total. The van der Waals surface area contributed by atoms with Crippen LogP contribution >= 0.6 is 0 Å². The molecule has 0 unspecified atom stereocenters. The molecule has 136 valence electrons. The summed E-state index contributed by atoms with van der Waals surface area (Å²) in [4.78, 5) is 9.23. The summed E-state index contributed by atoms with van der Waals surface area (Å²) in [5.41, 5.74) is 5.67. The Kier molecular flexibility index (Phi) is 3.47. The van der Waals surface area contributed by atoms with Crippen molar-refractivity contribution in [3.63, 3.8) is 0 Å². The smallest absolute Gasteiger partial charge is 0.137 e. The van der Waals surface area contributed by atoms with E-state index in [4.69, 9.17) is 0 Å².